The third kappa shape index (κ3) is 4.76. The molecular weight excluding hydrogens is 281 g/mol. The molecule has 3 heteroatoms. The summed E-state index contributed by atoms with van der Waals surface area (Å²) in [5.74, 6) is 0.382. The molecule has 1 unspecified atom stereocenters. The van der Waals surface area contributed by atoms with Gasteiger partial charge in [0.2, 0.25) is 0 Å². The van der Waals surface area contributed by atoms with Crippen LogP contribution in [0.1, 0.15) is 32.8 Å². The summed E-state index contributed by atoms with van der Waals surface area (Å²) in [5.41, 5.74) is 0.788. The molecule has 17 heavy (non-hydrogen) atoms. The highest BCUT2D eigenvalue weighted by Gasteiger charge is 2.15. The molecule has 0 aromatic heterocycles. The lowest BCUT2D eigenvalue weighted by atomic mass is 9.96. The number of benzene rings is 1. The average molecular weight is 302 g/mol. The number of halogens is 2. The first-order chi connectivity index (χ1) is 8.04. The van der Waals surface area contributed by atoms with Crippen LogP contribution >= 0.6 is 15.9 Å². The Labute approximate surface area is 112 Å². The van der Waals surface area contributed by atoms with Crippen molar-refractivity contribution in [3.63, 3.8) is 0 Å². The highest BCUT2D eigenvalue weighted by molar-refractivity contribution is 9.10. The molecule has 1 rings (SSSR count). The zero-order chi connectivity index (χ0) is 12.8. The van der Waals surface area contributed by atoms with Gasteiger partial charge in [0.05, 0.1) is 0 Å². The van der Waals surface area contributed by atoms with Crippen molar-refractivity contribution in [3.8, 4) is 0 Å². The lowest BCUT2D eigenvalue weighted by Crippen LogP contribution is -2.36. The second-order valence-corrected chi connectivity index (χ2v) is 5.66. The standard InChI is InChI=1S/C14H21BrFN/c1-4-7-17-14(10(2)3)8-11-5-6-12(15)9-13(11)16/h5-6,9-10,14,17H,4,7-8H2,1-3H3. The molecule has 96 valence electrons. The van der Waals surface area contributed by atoms with Gasteiger partial charge in [0, 0.05) is 10.5 Å². The van der Waals surface area contributed by atoms with Gasteiger partial charge in [-0.05, 0) is 43.0 Å². The van der Waals surface area contributed by atoms with Crippen LogP contribution in [0.15, 0.2) is 22.7 Å². The Bertz CT molecular complexity index is 352. The fourth-order valence-electron chi connectivity index (χ4n) is 1.80. The first-order valence-electron chi connectivity index (χ1n) is 6.22. The van der Waals surface area contributed by atoms with Crippen LogP contribution in [-0.2, 0) is 6.42 Å². The predicted molar refractivity (Wildman–Crippen MR) is 74.7 cm³/mol. The molecule has 1 N–H and O–H groups in total. The summed E-state index contributed by atoms with van der Waals surface area (Å²) in [5, 5.41) is 3.48. The van der Waals surface area contributed by atoms with Crippen molar-refractivity contribution < 1.29 is 4.39 Å². The average Bonchev–Trinajstić information content (AvgIpc) is 2.26. The second-order valence-electron chi connectivity index (χ2n) is 4.74. The summed E-state index contributed by atoms with van der Waals surface area (Å²) in [6, 6.07) is 5.63. The van der Waals surface area contributed by atoms with E-state index >= 15 is 0 Å². The Hall–Kier alpha value is -0.410. The van der Waals surface area contributed by atoms with Gasteiger partial charge in [0.25, 0.3) is 0 Å². The Kier molecular flexibility index (Phi) is 6.14. The topological polar surface area (TPSA) is 12.0 Å². The molecule has 0 radical (unpaired) electrons. The van der Waals surface area contributed by atoms with Crippen molar-refractivity contribution in [1.82, 2.24) is 5.32 Å². The third-order valence-corrected chi connectivity index (χ3v) is 3.41. The quantitative estimate of drug-likeness (QED) is 0.832. The molecular formula is C14H21BrFN. The Morgan fingerprint density at radius 1 is 1.35 bits per heavy atom. The Morgan fingerprint density at radius 3 is 2.59 bits per heavy atom. The molecule has 0 fully saturated rings. The van der Waals surface area contributed by atoms with Crippen molar-refractivity contribution in [2.45, 2.75) is 39.7 Å². The van der Waals surface area contributed by atoms with Crippen LogP contribution in [0.3, 0.4) is 0 Å². The SMILES string of the molecule is CCCNC(Cc1ccc(Br)cc1F)C(C)C. The maximum absolute atomic E-state index is 13.7. The minimum Gasteiger partial charge on any atom is -0.313 e. The minimum absolute atomic E-state index is 0.122. The van der Waals surface area contributed by atoms with E-state index in [4.69, 9.17) is 0 Å². The molecule has 0 heterocycles. The smallest absolute Gasteiger partial charge is 0.127 e. The lowest BCUT2D eigenvalue weighted by Gasteiger charge is -2.22. The van der Waals surface area contributed by atoms with E-state index in [0.29, 0.717) is 12.0 Å². The first-order valence-corrected chi connectivity index (χ1v) is 7.01. The molecule has 1 aromatic rings. The predicted octanol–water partition coefficient (Wildman–Crippen LogP) is 4.15. The Balaban J connectivity index is 2.71. The molecule has 1 aromatic carbocycles. The first kappa shape index (κ1) is 14.7. The molecule has 0 aliphatic rings. The molecule has 1 nitrogen and oxygen atoms in total. The minimum atomic E-state index is -0.122. The van der Waals surface area contributed by atoms with Gasteiger partial charge in [0.15, 0.2) is 0 Å². The maximum Gasteiger partial charge on any atom is 0.127 e. The lowest BCUT2D eigenvalue weighted by molar-refractivity contribution is 0.392. The number of hydrogen-bond donors (Lipinski definition) is 1. The maximum atomic E-state index is 13.7. The summed E-state index contributed by atoms with van der Waals surface area (Å²) >= 11 is 3.28. The van der Waals surface area contributed by atoms with Crippen LogP contribution in [0.2, 0.25) is 0 Å². The number of rotatable bonds is 6. The fourth-order valence-corrected chi connectivity index (χ4v) is 2.13. The van der Waals surface area contributed by atoms with E-state index in [0.717, 1.165) is 29.4 Å². The molecule has 0 saturated heterocycles. The van der Waals surface area contributed by atoms with Crippen LogP contribution < -0.4 is 5.32 Å². The monoisotopic (exact) mass is 301 g/mol. The van der Waals surface area contributed by atoms with Gasteiger partial charge in [-0.2, -0.15) is 0 Å². The van der Waals surface area contributed by atoms with Crippen LogP contribution in [0.5, 0.6) is 0 Å². The van der Waals surface area contributed by atoms with Gasteiger partial charge in [-0.15, -0.1) is 0 Å². The summed E-state index contributed by atoms with van der Waals surface area (Å²) in [7, 11) is 0. The van der Waals surface area contributed by atoms with Gasteiger partial charge in [-0.25, -0.2) is 4.39 Å². The highest BCUT2D eigenvalue weighted by atomic mass is 79.9. The van der Waals surface area contributed by atoms with E-state index in [1.807, 2.05) is 12.1 Å². The molecule has 0 aliphatic heterocycles. The summed E-state index contributed by atoms with van der Waals surface area (Å²) in [4.78, 5) is 0. The van der Waals surface area contributed by atoms with E-state index in [-0.39, 0.29) is 5.82 Å². The molecule has 0 spiro atoms. The van der Waals surface area contributed by atoms with Crippen LogP contribution in [0, 0.1) is 11.7 Å². The Morgan fingerprint density at radius 2 is 2.06 bits per heavy atom. The van der Waals surface area contributed by atoms with Crippen molar-refractivity contribution in [1.29, 1.82) is 0 Å². The van der Waals surface area contributed by atoms with Crippen molar-refractivity contribution in [2.24, 2.45) is 5.92 Å². The van der Waals surface area contributed by atoms with E-state index in [2.05, 4.69) is 42.0 Å². The van der Waals surface area contributed by atoms with Gasteiger partial charge >= 0.3 is 0 Å². The normalized spacial score (nSPS) is 13.1. The molecule has 0 bridgehead atoms. The summed E-state index contributed by atoms with van der Waals surface area (Å²) in [6.07, 6.45) is 1.85. The number of nitrogens with one attached hydrogen (secondary N) is 1. The second kappa shape index (κ2) is 7.12. The fraction of sp³-hybridized carbons (Fsp3) is 0.571. The van der Waals surface area contributed by atoms with Crippen LogP contribution in [0.25, 0.3) is 0 Å². The van der Waals surface area contributed by atoms with Crippen LogP contribution in [0.4, 0.5) is 4.39 Å². The van der Waals surface area contributed by atoms with Crippen molar-refractivity contribution >= 4 is 15.9 Å². The van der Waals surface area contributed by atoms with E-state index in [1.165, 1.54) is 6.07 Å². The largest absolute Gasteiger partial charge is 0.313 e. The van der Waals surface area contributed by atoms with Gasteiger partial charge < -0.3 is 5.32 Å². The van der Waals surface area contributed by atoms with E-state index < -0.39 is 0 Å². The van der Waals surface area contributed by atoms with Crippen molar-refractivity contribution in [3.05, 3.63) is 34.1 Å². The van der Waals surface area contributed by atoms with Gasteiger partial charge in [0.1, 0.15) is 5.82 Å². The molecule has 0 aliphatic carbocycles. The molecule has 1 atom stereocenters. The molecule has 0 amide bonds. The highest BCUT2D eigenvalue weighted by Crippen LogP contribution is 2.18. The van der Waals surface area contributed by atoms with Crippen LogP contribution in [-0.4, -0.2) is 12.6 Å². The summed E-state index contributed by atoms with van der Waals surface area (Å²) < 4.78 is 14.5. The zero-order valence-electron chi connectivity index (χ0n) is 10.8. The van der Waals surface area contributed by atoms with Gasteiger partial charge in [-0.1, -0.05) is 42.8 Å². The van der Waals surface area contributed by atoms with E-state index in [9.17, 15) is 4.39 Å². The van der Waals surface area contributed by atoms with E-state index in [1.54, 1.807) is 0 Å². The van der Waals surface area contributed by atoms with Gasteiger partial charge in [-0.3, -0.25) is 0 Å². The van der Waals surface area contributed by atoms with Crippen molar-refractivity contribution in [2.75, 3.05) is 6.54 Å². The molecule has 0 saturated carbocycles. The third-order valence-electron chi connectivity index (χ3n) is 2.92. The number of hydrogen-bond acceptors (Lipinski definition) is 1. The summed E-state index contributed by atoms with van der Waals surface area (Å²) in [6.45, 7) is 7.47. The zero-order valence-corrected chi connectivity index (χ0v) is 12.3.